The molecule has 2 fully saturated rings. The van der Waals surface area contributed by atoms with Crippen LogP contribution in [0.5, 0.6) is 0 Å². The van der Waals surface area contributed by atoms with Crippen molar-refractivity contribution in [2.75, 3.05) is 6.61 Å². The molecule has 0 unspecified atom stereocenters. The zero-order chi connectivity index (χ0) is 18.9. The number of aryl methyl sites for hydroxylation is 1. The first-order valence-corrected chi connectivity index (χ1v) is 9.49. The Morgan fingerprint density at radius 2 is 2.04 bits per heavy atom. The molecule has 1 saturated heterocycles. The number of nitrogens with one attached hydrogen (secondary N) is 1. The molecule has 1 N–H and O–H groups in total. The fourth-order valence-electron chi connectivity index (χ4n) is 3.59. The molecule has 0 bridgehead atoms. The zero-order valence-electron chi connectivity index (χ0n) is 14.7. The quantitative estimate of drug-likeness (QED) is 0.763. The zero-order valence-corrected chi connectivity index (χ0v) is 15.5. The van der Waals surface area contributed by atoms with Crippen molar-refractivity contribution in [2.24, 2.45) is 0 Å². The van der Waals surface area contributed by atoms with Crippen molar-refractivity contribution in [1.29, 1.82) is 0 Å². The molecule has 0 spiro atoms. The van der Waals surface area contributed by atoms with Crippen LogP contribution in [0.2, 0.25) is 5.02 Å². The highest BCUT2D eigenvalue weighted by Crippen LogP contribution is 2.48. The number of esters is 1. The highest BCUT2D eigenvalue weighted by atomic mass is 35.5. The number of carbonyl (C=O) groups is 2. The van der Waals surface area contributed by atoms with Gasteiger partial charge in [0.2, 0.25) is 17.7 Å². The van der Waals surface area contributed by atoms with Gasteiger partial charge < -0.3 is 14.5 Å². The van der Waals surface area contributed by atoms with E-state index in [0.29, 0.717) is 36.3 Å². The number of rotatable bonds is 6. The summed E-state index contributed by atoms with van der Waals surface area (Å²) in [4.78, 5) is 23.4. The van der Waals surface area contributed by atoms with Crippen LogP contribution in [0.1, 0.15) is 49.4 Å². The van der Waals surface area contributed by atoms with E-state index in [0.717, 1.165) is 24.8 Å². The lowest BCUT2D eigenvalue weighted by Crippen LogP contribution is -2.38. The summed E-state index contributed by atoms with van der Waals surface area (Å²) in [6.07, 6.45) is 4.01. The molecule has 142 valence electrons. The molecule has 1 aliphatic carbocycles. The third-order valence-corrected chi connectivity index (χ3v) is 5.57. The smallest absolute Gasteiger partial charge is 0.328 e. The number of amides is 1. The maximum atomic E-state index is 12.0. The minimum Gasteiger partial charge on any atom is -0.464 e. The number of ether oxygens (including phenoxy) is 1. The summed E-state index contributed by atoms with van der Waals surface area (Å²) < 4.78 is 10.7. The van der Waals surface area contributed by atoms with E-state index in [-0.39, 0.29) is 23.7 Å². The summed E-state index contributed by atoms with van der Waals surface area (Å²) in [5.74, 6) is 0.410. The van der Waals surface area contributed by atoms with Gasteiger partial charge in [-0.3, -0.25) is 4.79 Å². The van der Waals surface area contributed by atoms with Crippen LogP contribution in [0.4, 0.5) is 0 Å². The SMILES string of the molecule is O=C(CCc1nnc(C2(c3ccc(Cl)cc3)CCC2)o1)N[C@H]1CCOC1=O. The number of nitrogens with zero attached hydrogens (tertiary/aromatic N) is 2. The second kappa shape index (κ2) is 7.31. The van der Waals surface area contributed by atoms with E-state index in [1.165, 1.54) is 0 Å². The van der Waals surface area contributed by atoms with E-state index in [1.54, 1.807) is 0 Å². The van der Waals surface area contributed by atoms with Crippen LogP contribution < -0.4 is 5.32 Å². The molecule has 2 aliphatic rings. The van der Waals surface area contributed by atoms with Crippen LogP contribution >= 0.6 is 11.6 Å². The number of cyclic esters (lactones) is 1. The third-order valence-electron chi connectivity index (χ3n) is 5.32. The summed E-state index contributed by atoms with van der Waals surface area (Å²) in [5, 5.41) is 11.7. The van der Waals surface area contributed by atoms with E-state index in [9.17, 15) is 9.59 Å². The number of aromatic nitrogens is 2. The first-order valence-electron chi connectivity index (χ1n) is 9.12. The molecule has 27 heavy (non-hydrogen) atoms. The van der Waals surface area contributed by atoms with E-state index < -0.39 is 6.04 Å². The molecule has 8 heteroatoms. The van der Waals surface area contributed by atoms with Gasteiger partial charge in [-0.25, -0.2) is 4.79 Å². The molecule has 2 aromatic rings. The molecule has 4 rings (SSSR count). The Kier molecular flexibility index (Phi) is 4.86. The Morgan fingerprint density at radius 3 is 2.67 bits per heavy atom. The van der Waals surface area contributed by atoms with Crippen molar-refractivity contribution >= 4 is 23.5 Å². The molecule has 0 radical (unpaired) electrons. The minimum atomic E-state index is -0.543. The first-order chi connectivity index (χ1) is 13.1. The Balaban J connectivity index is 1.40. The van der Waals surface area contributed by atoms with Gasteiger partial charge in [0.1, 0.15) is 6.04 Å². The number of hydrogen-bond donors (Lipinski definition) is 1. The molecule has 2 heterocycles. The van der Waals surface area contributed by atoms with Crippen LogP contribution in [0.25, 0.3) is 0 Å². The third kappa shape index (κ3) is 3.56. The maximum absolute atomic E-state index is 12.0. The van der Waals surface area contributed by atoms with Crippen molar-refractivity contribution in [2.45, 2.75) is 50.0 Å². The number of halogens is 1. The van der Waals surface area contributed by atoms with Crippen molar-refractivity contribution in [3.8, 4) is 0 Å². The maximum Gasteiger partial charge on any atom is 0.328 e. The summed E-state index contributed by atoms with van der Waals surface area (Å²) in [6, 6.07) is 7.19. The molecule has 7 nitrogen and oxygen atoms in total. The summed E-state index contributed by atoms with van der Waals surface area (Å²) >= 11 is 6.00. The predicted octanol–water partition coefficient (Wildman–Crippen LogP) is 2.56. The van der Waals surface area contributed by atoms with E-state index >= 15 is 0 Å². The van der Waals surface area contributed by atoms with Gasteiger partial charge in [0.25, 0.3) is 0 Å². The number of carbonyl (C=O) groups excluding carboxylic acids is 2. The van der Waals surface area contributed by atoms with E-state index in [1.807, 2.05) is 24.3 Å². The van der Waals surface area contributed by atoms with Crippen molar-refractivity contribution < 1.29 is 18.7 Å². The van der Waals surface area contributed by atoms with Gasteiger partial charge in [-0.15, -0.1) is 10.2 Å². The molecule has 1 atom stereocenters. The van der Waals surface area contributed by atoms with Gasteiger partial charge in [-0.05, 0) is 30.5 Å². The predicted molar refractivity (Wildman–Crippen MR) is 96.2 cm³/mol. The van der Waals surface area contributed by atoms with Gasteiger partial charge in [-0.1, -0.05) is 30.2 Å². The second-order valence-electron chi connectivity index (χ2n) is 7.02. The summed E-state index contributed by atoms with van der Waals surface area (Å²) in [7, 11) is 0. The lowest BCUT2D eigenvalue weighted by molar-refractivity contribution is -0.141. The van der Waals surface area contributed by atoms with Crippen molar-refractivity contribution in [1.82, 2.24) is 15.5 Å². The molecule has 1 aliphatic heterocycles. The van der Waals surface area contributed by atoms with Crippen LogP contribution in [-0.2, 0) is 26.2 Å². The monoisotopic (exact) mass is 389 g/mol. The number of hydrogen-bond acceptors (Lipinski definition) is 6. The fourth-order valence-corrected chi connectivity index (χ4v) is 3.71. The fraction of sp³-hybridized carbons (Fsp3) is 0.474. The molecule has 1 aromatic heterocycles. The first kappa shape index (κ1) is 18.0. The van der Waals surface area contributed by atoms with Crippen LogP contribution in [-0.4, -0.2) is 34.7 Å². The average molecular weight is 390 g/mol. The Hall–Kier alpha value is -2.41. The van der Waals surface area contributed by atoms with Gasteiger partial charge in [0, 0.05) is 24.3 Å². The van der Waals surface area contributed by atoms with Crippen LogP contribution in [0, 0.1) is 0 Å². The molecule has 1 saturated carbocycles. The molecular formula is C19H20ClN3O4. The highest BCUT2D eigenvalue weighted by molar-refractivity contribution is 6.30. The van der Waals surface area contributed by atoms with Crippen molar-refractivity contribution in [3.05, 3.63) is 46.6 Å². The normalized spacial score (nSPS) is 20.8. The van der Waals surface area contributed by atoms with Gasteiger partial charge >= 0.3 is 5.97 Å². The van der Waals surface area contributed by atoms with Gasteiger partial charge in [0.15, 0.2) is 0 Å². The average Bonchev–Trinajstić information content (AvgIpc) is 3.24. The molecule has 1 aromatic carbocycles. The Labute approximate surface area is 161 Å². The highest BCUT2D eigenvalue weighted by Gasteiger charge is 2.45. The number of benzene rings is 1. The second-order valence-corrected chi connectivity index (χ2v) is 7.46. The van der Waals surface area contributed by atoms with Crippen LogP contribution in [0.3, 0.4) is 0 Å². The molecular weight excluding hydrogens is 370 g/mol. The topological polar surface area (TPSA) is 94.3 Å². The summed E-state index contributed by atoms with van der Waals surface area (Å²) in [6.45, 7) is 0.351. The lowest BCUT2D eigenvalue weighted by atomic mass is 9.64. The lowest BCUT2D eigenvalue weighted by Gasteiger charge is -2.39. The van der Waals surface area contributed by atoms with Crippen LogP contribution in [0.15, 0.2) is 28.7 Å². The standard InChI is InChI=1S/C19H20ClN3O4/c20-13-4-2-12(3-5-13)19(9-1-10-19)18-23-22-16(27-18)7-6-15(24)21-14-8-11-26-17(14)25/h2-5,14H,1,6-11H2,(H,21,24)/t14-/m0/s1. The molecule has 1 amide bonds. The van der Waals surface area contributed by atoms with E-state index in [2.05, 4.69) is 15.5 Å². The largest absolute Gasteiger partial charge is 0.464 e. The van der Waals surface area contributed by atoms with E-state index in [4.69, 9.17) is 20.8 Å². The minimum absolute atomic E-state index is 0.180. The van der Waals surface area contributed by atoms with Gasteiger partial charge in [-0.2, -0.15) is 0 Å². The van der Waals surface area contributed by atoms with Gasteiger partial charge in [0.05, 0.1) is 12.0 Å². The van der Waals surface area contributed by atoms with Crippen molar-refractivity contribution in [3.63, 3.8) is 0 Å². The Morgan fingerprint density at radius 1 is 1.26 bits per heavy atom. The summed E-state index contributed by atoms with van der Waals surface area (Å²) in [5.41, 5.74) is 0.858. The Bertz CT molecular complexity index is 845.